The van der Waals surface area contributed by atoms with Gasteiger partial charge in [-0.3, -0.25) is 39.1 Å². The largest absolute Gasteiger partial charge is 0.268 e. The number of carbonyl (C=O) groups is 4. The van der Waals surface area contributed by atoms with Crippen molar-refractivity contribution < 1.29 is 19.2 Å². The van der Waals surface area contributed by atoms with Gasteiger partial charge in [0.25, 0.3) is 23.6 Å². The fourth-order valence-corrected chi connectivity index (χ4v) is 8.93. The topological polar surface area (TPSA) is 152 Å². The fraction of sp³-hybridized carbons (Fsp3) is 0. The lowest BCUT2D eigenvalue weighted by Crippen LogP contribution is -2.43. The van der Waals surface area contributed by atoms with Crippen LogP contribution >= 0.6 is 0 Å². The Morgan fingerprint density at radius 2 is 0.559 bits per heavy atom. The van der Waals surface area contributed by atoms with E-state index in [0.29, 0.717) is 56.9 Å². The number of rotatable bonds is 8. The lowest BCUT2D eigenvalue weighted by Gasteiger charge is -2.32. The number of nitrogens with zero attached hydrogens (tertiary/aromatic N) is 8. The van der Waals surface area contributed by atoms with Gasteiger partial charge in [0.1, 0.15) is 0 Å². The van der Waals surface area contributed by atoms with Gasteiger partial charge in [-0.05, 0) is 144 Å². The molecule has 6 aromatic heterocycles. The molecule has 4 amide bonds. The molecule has 0 saturated heterocycles. The van der Waals surface area contributed by atoms with Crippen LogP contribution in [0.3, 0.4) is 0 Å². The minimum Gasteiger partial charge on any atom is -0.268 e. The first-order chi connectivity index (χ1) is 33.4. The molecule has 12 nitrogen and oxygen atoms in total. The summed E-state index contributed by atoms with van der Waals surface area (Å²) in [7, 11) is 0. The van der Waals surface area contributed by atoms with Crippen LogP contribution in [0.4, 0.5) is 11.4 Å². The molecule has 0 radical (unpaired) electrons. The van der Waals surface area contributed by atoms with E-state index in [-0.39, 0.29) is 33.0 Å². The Morgan fingerprint density at radius 3 is 0.809 bits per heavy atom. The van der Waals surface area contributed by atoms with Gasteiger partial charge >= 0.3 is 0 Å². The summed E-state index contributed by atoms with van der Waals surface area (Å²) in [6.45, 7) is 0. The number of pyridine rings is 6. The van der Waals surface area contributed by atoms with E-state index in [1.54, 1.807) is 73.3 Å². The van der Waals surface area contributed by atoms with Crippen LogP contribution in [-0.4, -0.2) is 53.5 Å². The predicted octanol–water partition coefficient (Wildman–Crippen LogP) is 10.8. The summed E-state index contributed by atoms with van der Waals surface area (Å²) in [5.74, 6) is -2.26. The first-order valence-electron chi connectivity index (χ1n) is 21.7. The van der Waals surface area contributed by atoms with Crippen LogP contribution in [0.15, 0.2) is 195 Å². The third-order valence-corrected chi connectivity index (χ3v) is 12.2. The van der Waals surface area contributed by atoms with Crippen molar-refractivity contribution in [1.82, 2.24) is 29.9 Å². The van der Waals surface area contributed by atoms with Crippen LogP contribution < -0.4 is 9.80 Å². The van der Waals surface area contributed by atoms with E-state index in [9.17, 15) is 19.2 Å². The van der Waals surface area contributed by atoms with E-state index in [1.807, 2.05) is 121 Å². The van der Waals surface area contributed by atoms with Gasteiger partial charge in [0, 0.05) is 57.8 Å². The molecular weight excluding hydrogens is 849 g/mol. The van der Waals surface area contributed by atoms with Crippen molar-refractivity contribution in [3.05, 3.63) is 217 Å². The van der Waals surface area contributed by atoms with Gasteiger partial charge < -0.3 is 0 Å². The number of carbonyl (C=O) groups excluding carboxylic acids is 4. The maximum atomic E-state index is 14.4. The zero-order valence-corrected chi connectivity index (χ0v) is 35.7. The summed E-state index contributed by atoms with van der Waals surface area (Å²) >= 11 is 0. The maximum absolute atomic E-state index is 14.4. The molecular formula is C56H32N8O4. The third-order valence-electron chi connectivity index (χ3n) is 12.2. The molecule has 0 saturated carbocycles. The Morgan fingerprint density at radius 1 is 0.279 bits per heavy atom. The summed E-state index contributed by atoms with van der Waals surface area (Å²) in [6.07, 6.45) is 6.86. The van der Waals surface area contributed by atoms with Gasteiger partial charge in [-0.1, -0.05) is 48.5 Å². The first-order valence-corrected chi connectivity index (χ1v) is 21.7. The molecule has 4 aromatic carbocycles. The number of imide groups is 2. The van der Waals surface area contributed by atoms with E-state index in [0.717, 1.165) is 32.1 Å². The van der Waals surface area contributed by atoms with E-state index in [2.05, 4.69) is 19.9 Å². The second-order valence-electron chi connectivity index (χ2n) is 16.2. The van der Waals surface area contributed by atoms with Crippen LogP contribution in [0, 0.1) is 0 Å². The van der Waals surface area contributed by atoms with Crippen molar-refractivity contribution in [3.63, 3.8) is 0 Å². The molecule has 10 aromatic rings. The molecule has 0 atom stereocenters. The standard InChI is InChI=1S/C56H32N8O4/c65-53-39-21-23-41-52-42(56(68)64(55(41)67)38-19-15-34(16-20-38)36-31-49(45-11-3-7-27-59-45)62-50(32-36)46-12-4-8-28-60-46)24-22-40(51(39)52)54(66)63(53)37-17-13-33(14-18-37)35-29-47(43-9-1-5-25-57-43)61-48(30-35)44-10-2-6-26-58-44/h1-32H. The molecule has 0 unspecified atom stereocenters. The molecule has 2 aliphatic heterocycles. The van der Waals surface area contributed by atoms with Crippen LogP contribution in [-0.2, 0) is 0 Å². The lowest BCUT2D eigenvalue weighted by molar-refractivity contribution is 0.0873. The first kappa shape index (κ1) is 39.9. The van der Waals surface area contributed by atoms with Gasteiger partial charge in [0.15, 0.2) is 0 Å². The zero-order chi connectivity index (χ0) is 45.9. The molecule has 8 heterocycles. The normalized spacial score (nSPS) is 13.1. The average Bonchev–Trinajstić information content (AvgIpc) is 3.40. The van der Waals surface area contributed by atoms with Gasteiger partial charge in [0.2, 0.25) is 0 Å². The van der Waals surface area contributed by atoms with Gasteiger partial charge in [-0.15, -0.1) is 0 Å². The number of anilines is 2. The van der Waals surface area contributed by atoms with E-state index in [1.165, 1.54) is 0 Å². The minimum atomic E-state index is -0.566. The molecule has 0 aliphatic carbocycles. The highest BCUT2D eigenvalue weighted by Crippen LogP contribution is 2.41. The van der Waals surface area contributed by atoms with Crippen molar-refractivity contribution in [2.45, 2.75) is 0 Å². The van der Waals surface area contributed by atoms with Crippen molar-refractivity contribution in [2.75, 3.05) is 9.80 Å². The van der Waals surface area contributed by atoms with E-state index >= 15 is 0 Å². The number of aromatic nitrogens is 6. The summed E-state index contributed by atoms with van der Waals surface area (Å²) in [5, 5.41) is 0.566. The predicted molar refractivity (Wildman–Crippen MR) is 258 cm³/mol. The molecule has 12 heteroatoms. The molecule has 0 N–H and O–H groups in total. The number of benzene rings is 4. The fourth-order valence-electron chi connectivity index (χ4n) is 8.93. The van der Waals surface area contributed by atoms with Crippen molar-refractivity contribution in [1.29, 1.82) is 0 Å². The molecule has 320 valence electrons. The molecule has 2 aliphatic rings. The van der Waals surface area contributed by atoms with Crippen LogP contribution in [0.1, 0.15) is 41.4 Å². The highest BCUT2D eigenvalue weighted by atomic mass is 16.2. The summed E-state index contributed by atoms with van der Waals surface area (Å²) in [6, 6.07) is 50.9. The zero-order valence-electron chi connectivity index (χ0n) is 35.7. The van der Waals surface area contributed by atoms with Gasteiger partial charge in [0.05, 0.1) is 56.9 Å². The van der Waals surface area contributed by atoms with E-state index < -0.39 is 23.6 Å². The Kier molecular flexibility index (Phi) is 9.43. The SMILES string of the molecule is O=C1c2ccc3c4c(ccc(c24)C(=O)N1c1ccc(-c2cc(-c4ccccn4)nc(-c4ccccn4)c2)cc1)C(=O)N(c1ccc(-c2cc(-c4ccccn4)nc(-c4ccccn4)c2)cc1)C3=O. The molecule has 68 heavy (non-hydrogen) atoms. The lowest BCUT2D eigenvalue weighted by atomic mass is 9.85. The Bertz CT molecular complexity index is 3260. The number of hydrogen-bond donors (Lipinski definition) is 0. The number of hydrogen-bond acceptors (Lipinski definition) is 10. The highest BCUT2D eigenvalue weighted by Gasteiger charge is 2.40. The van der Waals surface area contributed by atoms with Crippen molar-refractivity contribution >= 4 is 45.8 Å². The van der Waals surface area contributed by atoms with Crippen LogP contribution in [0.5, 0.6) is 0 Å². The molecule has 0 spiro atoms. The summed E-state index contributed by atoms with van der Waals surface area (Å²) < 4.78 is 0. The summed E-state index contributed by atoms with van der Waals surface area (Å²) in [4.78, 5) is 87.6. The van der Waals surface area contributed by atoms with Crippen molar-refractivity contribution in [3.8, 4) is 67.8 Å². The summed E-state index contributed by atoms with van der Waals surface area (Å²) in [5.41, 5.74) is 10.3. The Labute approximate surface area is 388 Å². The quantitative estimate of drug-likeness (QED) is 0.135. The van der Waals surface area contributed by atoms with E-state index in [4.69, 9.17) is 9.97 Å². The average molecular weight is 881 g/mol. The Balaban J connectivity index is 0.850. The molecule has 0 bridgehead atoms. The highest BCUT2D eigenvalue weighted by molar-refractivity contribution is 6.42. The monoisotopic (exact) mass is 880 g/mol. The molecule has 0 fully saturated rings. The van der Waals surface area contributed by atoms with Crippen molar-refractivity contribution in [2.24, 2.45) is 0 Å². The maximum Gasteiger partial charge on any atom is 0.265 e. The molecule has 12 rings (SSSR count). The van der Waals surface area contributed by atoms with Gasteiger partial charge in [-0.25, -0.2) is 19.8 Å². The Hall–Kier alpha value is -9.68. The van der Waals surface area contributed by atoms with Crippen LogP contribution in [0.2, 0.25) is 0 Å². The minimum absolute atomic E-state index is 0.212. The van der Waals surface area contributed by atoms with Crippen LogP contribution in [0.25, 0.3) is 78.6 Å². The second kappa shape index (κ2) is 16.1. The second-order valence-corrected chi connectivity index (χ2v) is 16.2. The number of amides is 4. The van der Waals surface area contributed by atoms with Gasteiger partial charge in [-0.2, -0.15) is 0 Å². The third kappa shape index (κ3) is 6.71. The smallest absolute Gasteiger partial charge is 0.265 e.